The van der Waals surface area contributed by atoms with Gasteiger partial charge in [0.05, 0.1) is 19.0 Å². The molecule has 0 spiro atoms. The van der Waals surface area contributed by atoms with Crippen molar-refractivity contribution in [2.24, 2.45) is 0 Å². The van der Waals surface area contributed by atoms with Crippen molar-refractivity contribution >= 4 is 17.5 Å². The van der Waals surface area contributed by atoms with Gasteiger partial charge in [-0.15, -0.1) is 0 Å². The molecule has 0 aromatic carbocycles. The minimum Gasteiger partial charge on any atom is -0.493 e. The highest BCUT2D eigenvalue weighted by Crippen LogP contribution is 2.27. The molecule has 7 nitrogen and oxygen atoms in total. The van der Waals surface area contributed by atoms with Gasteiger partial charge in [-0.25, -0.2) is 0 Å². The molecule has 0 aliphatic carbocycles. The summed E-state index contributed by atoms with van der Waals surface area (Å²) in [5.41, 5.74) is 1.01. The Balaban J connectivity index is 1.53. The lowest BCUT2D eigenvalue weighted by Gasteiger charge is -2.36. The standard InChI is InChI=1S/C16H22N4O3/c1-23-14-11-17-5-4-13(14)19-6-8-20(9-7-19)16(22)10-12-2-3-15(21)18-12/h4-5,11-12H,2-3,6-10H2,1H3,(H,18,21). The van der Waals surface area contributed by atoms with Gasteiger partial charge in [-0.3, -0.25) is 14.6 Å². The van der Waals surface area contributed by atoms with Gasteiger partial charge in [0.25, 0.3) is 0 Å². The predicted molar refractivity (Wildman–Crippen MR) is 85.4 cm³/mol. The first-order valence-corrected chi connectivity index (χ1v) is 7.97. The Morgan fingerprint density at radius 3 is 2.83 bits per heavy atom. The summed E-state index contributed by atoms with van der Waals surface area (Å²) in [6, 6.07) is 1.94. The Hall–Kier alpha value is -2.31. The van der Waals surface area contributed by atoms with Gasteiger partial charge in [0, 0.05) is 51.3 Å². The Morgan fingerprint density at radius 2 is 2.17 bits per heavy atom. The van der Waals surface area contributed by atoms with Crippen LogP contribution in [0.4, 0.5) is 5.69 Å². The molecule has 1 aromatic heterocycles. The summed E-state index contributed by atoms with van der Waals surface area (Å²) in [6.45, 7) is 2.90. The van der Waals surface area contributed by atoms with Crippen LogP contribution in [0.25, 0.3) is 0 Å². The van der Waals surface area contributed by atoms with Gasteiger partial charge in [0.2, 0.25) is 11.8 Å². The van der Waals surface area contributed by atoms with E-state index in [1.165, 1.54) is 0 Å². The van der Waals surface area contributed by atoms with E-state index >= 15 is 0 Å². The number of methoxy groups -OCH3 is 1. The van der Waals surface area contributed by atoms with E-state index in [1.54, 1.807) is 19.5 Å². The second-order valence-corrected chi connectivity index (χ2v) is 5.92. The van der Waals surface area contributed by atoms with Crippen LogP contribution < -0.4 is 15.0 Å². The molecule has 2 aliphatic heterocycles. The number of piperazine rings is 1. The SMILES string of the molecule is COc1cnccc1N1CCN(C(=O)CC2CCC(=O)N2)CC1. The molecule has 124 valence electrons. The minimum atomic E-state index is 0.00770. The summed E-state index contributed by atoms with van der Waals surface area (Å²) in [5, 5.41) is 2.85. The fourth-order valence-corrected chi connectivity index (χ4v) is 3.16. The molecule has 23 heavy (non-hydrogen) atoms. The van der Waals surface area contributed by atoms with E-state index in [-0.39, 0.29) is 17.9 Å². The molecule has 0 radical (unpaired) electrons. The van der Waals surface area contributed by atoms with Crippen LogP contribution in [-0.4, -0.2) is 61.0 Å². The van der Waals surface area contributed by atoms with Gasteiger partial charge in [0.15, 0.2) is 5.75 Å². The first-order valence-electron chi connectivity index (χ1n) is 7.97. The number of hydrogen-bond donors (Lipinski definition) is 1. The van der Waals surface area contributed by atoms with E-state index in [0.29, 0.717) is 25.9 Å². The molecule has 1 N–H and O–H groups in total. The second kappa shape index (κ2) is 6.85. The quantitative estimate of drug-likeness (QED) is 0.870. The van der Waals surface area contributed by atoms with Crippen LogP contribution in [0.3, 0.4) is 0 Å². The molecule has 3 heterocycles. The van der Waals surface area contributed by atoms with Crippen LogP contribution in [0.2, 0.25) is 0 Å². The highest BCUT2D eigenvalue weighted by molar-refractivity contribution is 5.82. The third-order valence-electron chi connectivity index (χ3n) is 4.46. The summed E-state index contributed by atoms with van der Waals surface area (Å²) >= 11 is 0. The van der Waals surface area contributed by atoms with Crippen LogP contribution >= 0.6 is 0 Å². The average Bonchev–Trinajstić information content (AvgIpc) is 3.00. The summed E-state index contributed by atoms with van der Waals surface area (Å²) in [4.78, 5) is 31.7. The lowest BCUT2D eigenvalue weighted by Crippen LogP contribution is -2.49. The molecule has 0 bridgehead atoms. The Morgan fingerprint density at radius 1 is 1.39 bits per heavy atom. The fraction of sp³-hybridized carbons (Fsp3) is 0.562. The van der Waals surface area contributed by atoms with E-state index in [0.717, 1.165) is 30.9 Å². The number of nitrogens with zero attached hydrogens (tertiary/aromatic N) is 3. The number of carbonyl (C=O) groups excluding carboxylic acids is 2. The predicted octanol–water partition coefficient (Wildman–Crippen LogP) is 0.408. The number of ether oxygens (including phenoxy) is 1. The van der Waals surface area contributed by atoms with Crippen molar-refractivity contribution in [3.63, 3.8) is 0 Å². The summed E-state index contributed by atoms with van der Waals surface area (Å²) < 4.78 is 5.35. The number of nitrogens with one attached hydrogen (secondary N) is 1. The van der Waals surface area contributed by atoms with E-state index in [4.69, 9.17) is 4.74 Å². The summed E-state index contributed by atoms with van der Waals surface area (Å²) in [5.74, 6) is 0.928. The van der Waals surface area contributed by atoms with Crippen LogP contribution in [0.15, 0.2) is 18.5 Å². The minimum absolute atomic E-state index is 0.00770. The molecule has 1 unspecified atom stereocenters. The highest BCUT2D eigenvalue weighted by atomic mass is 16.5. The van der Waals surface area contributed by atoms with Gasteiger partial charge < -0.3 is 19.9 Å². The lowest BCUT2D eigenvalue weighted by atomic mass is 10.1. The van der Waals surface area contributed by atoms with Crippen molar-refractivity contribution in [2.45, 2.75) is 25.3 Å². The van der Waals surface area contributed by atoms with Crippen molar-refractivity contribution in [1.29, 1.82) is 0 Å². The number of pyridine rings is 1. The topological polar surface area (TPSA) is 74.8 Å². The van der Waals surface area contributed by atoms with Gasteiger partial charge >= 0.3 is 0 Å². The van der Waals surface area contributed by atoms with Crippen molar-refractivity contribution in [3.8, 4) is 5.75 Å². The fourth-order valence-electron chi connectivity index (χ4n) is 3.16. The zero-order chi connectivity index (χ0) is 16.2. The Kier molecular flexibility index (Phi) is 4.64. The van der Waals surface area contributed by atoms with E-state index < -0.39 is 0 Å². The maximum atomic E-state index is 12.3. The maximum absolute atomic E-state index is 12.3. The maximum Gasteiger partial charge on any atom is 0.224 e. The highest BCUT2D eigenvalue weighted by Gasteiger charge is 2.27. The average molecular weight is 318 g/mol. The summed E-state index contributed by atoms with van der Waals surface area (Å²) in [7, 11) is 1.64. The Bertz CT molecular complexity index is 584. The number of anilines is 1. The molecule has 1 aromatic rings. The molecule has 2 amide bonds. The molecule has 0 saturated carbocycles. The van der Waals surface area contributed by atoms with Crippen LogP contribution in [-0.2, 0) is 9.59 Å². The largest absolute Gasteiger partial charge is 0.493 e. The number of carbonyl (C=O) groups is 2. The number of hydrogen-bond acceptors (Lipinski definition) is 5. The molecule has 1 atom stereocenters. The first kappa shape index (κ1) is 15.6. The molecule has 7 heteroatoms. The first-order chi connectivity index (χ1) is 11.2. The van der Waals surface area contributed by atoms with Crippen molar-refractivity contribution < 1.29 is 14.3 Å². The van der Waals surface area contributed by atoms with Crippen molar-refractivity contribution in [3.05, 3.63) is 18.5 Å². The number of rotatable bonds is 4. The molecule has 2 fully saturated rings. The second-order valence-electron chi connectivity index (χ2n) is 5.92. The normalized spacial score (nSPS) is 21.3. The molecule has 2 saturated heterocycles. The van der Waals surface area contributed by atoms with Crippen molar-refractivity contribution in [2.75, 3.05) is 38.2 Å². The summed E-state index contributed by atoms with van der Waals surface area (Å²) in [6.07, 6.45) is 5.16. The van der Waals surface area contributed by atoms with Gasteiger partial charge in [-0.2, -0.15) is 0 Å². The zero-order valence-electron chi connectivity index (χ0n) is 13.3. The zero-order valence-corrected chi connectivity index (χ0v) is 13.3. The van der Waals surface area contributed by atoms with Gasteiger partial charge in [-0.05, 0) is 12.5 Å². The van der Waals surface area contributed by atoms with E-state index in [9.17, 15) is 9.59 Å². The van der Waals surface area contributed by atoms with Crippen LogP contribution in [0, 0.1) is 0 Å². The van der Waals surface area contributed by atoms with Gasteiger partial charge in [-0.1, -0.05) is 0 Å². The van der Waals surface area contributed by atoms with E-state index in [2.05, 4.69) is 15.2 Å². The smallest absolute Gasteiger partial charge is 0.224 e. The van der Waals surface area contributed by atoms with Crippen molar-refractivity contribution in [1.82, 2.24) is 15.2 Å². The van der Waals surface area contributed by atoms with Crippen LogP contribution in [0.1, 0.15) is 19.3 Å². The third-order valence-corrected chi connectivity index (χ3v) is 4.46. The van der Waals surface area contributed by atoms with E-state index in [1.807, 2.05) is 11.0 Å². The number of amides is 2. The molecule has 3 rings (SSSR count). The lowest BCUT2D eigenvalue weighted by molar-refractivity contribution is -0.132. The molecular weight excluding hydrogens is 296 g/mol. The molecule has 2 aliphatic rings. The number of aromatic nitrogens is 1. The monoisotopic (exact) mass is 318 g/mol. The van der Waals surface area contributed by atoms with Gasteiger partial charge in [0.1, 0.15) is 0 Å². The third kappa shape index (κ3) is 3.55. The Labute approximate surface area is 135 Å². The van der Waals surface area contributed by atoms with Crippen LogP contribution in [0.5, 0.6) is 5.75 Å². The molecular formula is C16H22N4O3.